The van der Waals surface area contributed by atoms with Crippen LogP contribution < -0.4 is 5.32 Å². The van der Waals surface area contributed by atoms with Crippen molar-refractivity contribution in [1.29, 1.82) is 0 Å². The molecule has 3 N–H and O–H groups in total. The van der Waals surface area contributed by atoms with E-state index in [9.17, 15) is 0 Å². The highest BCUT2D eigenvalue weighted by molar-refractivity contribution is 5.22. The minimum atomic E-state index is 0.604. The van der Waals surface area contributed by atoms with Gasteiger partial charge in [-0.2, -0.15) is 10.1 Å². The Bertz CT molecular complexity index is 415. The Balaban J connectivity index is 2.10. The topological polar surface area (TPSA) is 82.3 Å². The van der Waals surface area contributed by atoms with E-state index in [1.54, 1.807) is 7.05 Å². The van der Waals surface area contributed by atoms with Gasteiger partial charge in [0.25, 0.3) is 0 Å². The highest BCUT2D eigenvalue weighted by Gasteiger charge is 2.04. The average molecular weight is 192 g/mol. The van der Waals surface area contributed by atoms with E-state index in [1.807, 2.05) is 13.0 Å². The van der Waals surface area contributed by atoms with Gasteiger partial charge in [-0.3, -0.25) is 10.2 Å². The predicted molar refractivity (Wildman–Crippen MR) is 52.1 cm³/mol. The van der Waals surface area contributed by atoms with Crippen LogP contribution in [0.3, 0.4) is 0 Å². The van der Waals surface area contributed by atoms with E-state index in [0.29, 0.717) is 12.4 Å². The third-order valence-electron chi connectivity index (χ3n) is 1.86. The van der Waals surface area contributed by atoms with Crippen LogP contribution in [-0.4, -0.2) is 32.4 Å². The van der Waals surface area contributed by atoms with Gasteiger partial charge in [-0.05, 0) is 13.0 Å². The summed E-state index contributed by atoms with van der Waals surface area (Å²) in [6, 6.07) is 1.99. The number of hydrogen-bond donors (Lipinski definition) is 3. The second-order valence-corrected chi connectivity index (χ2v) is 3.07. The van der Waals surface area contributed by atoms with E-state index in [1.165, 1.54) is 0 Å². The monoisotopic (exact) mass is 192 g/mol. The summed E-state index contributed by atoms with van der Waals surface area (Å²) in [4.78, 5) is 4.20. The van der Waals surface area contributed by atoms with Crippen molar-refractivity contribution in [2.24, 2.45) is 0 Å². The Morgan fingerprint density at radius 1 is 1.36 bits per heavy atom. The quantitative estimate of drug-likeness (QED) is 0.660. The zero-order chi connectivity index (χ0) is 9.97. The molecule has 0 amide bonds. The minimum absolute atomic E-state index is 0.604. The van der Waals surface area contributed by atoms with Crippen LogP contribution in [0.2, 0.25) is 0 Å². The van der Waals surface area contributed by atoms with E-state index in [2.05, 4.69) is 30.7 Å². The Morgan fingerprint density at radius 2 is 2.21 bits per heavy atom. The fraction of sp³-hybridized carbons (Fsp3) is 0.375. The first-order valence-corrected chi connectivity index (χ1v) is 4.38. The lowest BCUT2D eigenvalue weighted by molar-refractivity contribution is 0.918. The van der Waals surface area contributed by atoms with Crippen molar-refractivity contribution in [3.8, 4) is 0 Å². The Kier molecular flexibility index (Phi) is 2.18. The van der Waals surface area contributed by atoms with E-state index in [-0.39, 0.29) is 0 Å². The first-order chi connectivity index (χ1) is 6.78. The van der Waals surface area contributed by atoms with Crippen LogP contribution >= 0.6 is 0 Å². The van der Waals surface area contributed by atoms with Crippen molar-refractivity contribution in [3.05, 3.63) is 23.3 Å². The van der Waals surface area contributed by atoms with Crippen molar-refractivity contribution >= 4 is 5.95 Å². The summed E-state index contributed by atoms with van der Waals surface area (Å²) in [5.74, 6) is 1.41. The fourth-order valence-electron chi connectivity index (χ4n) is 1.22. The van der Waals surface area contributed by atoms with Gasteiger partial charge < -0.3 is 5.32 Å². The number of nitrogens with one attached hydrogen (secondary N) is 3. The van der Waals surface area contributed by atoms with E-state index in [0.717, 1.165) is 17.2 Å². The maximum atomic E-state index is 4.20. The van der Waals surface area contributed by atoms with E-state index < -0.39 is 0 Å². The molecule has 0 aliphatic carbocycles. The molecule has 0 atom stereocenters. The lowest BCUT2D eigenvalue weighted by Crippen LogP contribution is -1.92. The fourth-order valence-corrected chi connectivity index (χ4v) is 1.22. The minimum Gasteiger partial charge on any atom is -0.356 e. The van der Waals surface area contributed by atoms with Crippen molar-refractivity contribution in [1.82, 2.24) is 25.4 Å². The van der Waals surface area contributed by atoms with Gasteiger partial charge >= 0.3 is 0 Å². The molecule has 0 aromatic carbocycles. The van der Waals surface area contributed by atoms with Gasteiger partial charge in [0.15, 0.2) is 0 Å². The van der Waals surface area contributed by atoms with Gasteiger partial charge in [0.2, 0.25) is 5.95 Å². The predicted octanol–water partition coefficient (Wildman–Crippen LogP) is 0.469. The summed E-state index contributed by atoms with van der Waals surface area (Å²) in [6.07, 6.45) is 0.666. The normalized spacial score (nSPS) is 10.4. The molecule has 0 aliphatic rings. The van der Waals surface area contributed by atoms with Crippen LogP contribution in [-0.2, 0) is 6.42 Å². The van der Waals surface area contributed by atoms with Gasteiger partial charge in [-0.1, -0.05) is 0 Å². The molecule has 0 fully saturated rings. The van der Waals surface area contributed by atoms with Gasteiger partial charge in [0.1, 0.15) is 5.82 Å². The maximum absolute atomic E-state index is 4.20. The molecule has 0 bridgehead atoms. The molecule has 2 aromatic heterocycles. The molecular weight excluding hydrogens is 180 g/mol. The molecule has 2 rings (SSSR count). The number of nitrogens with zero attached hydrogens (tertiary/aromatic N) is 3. The second kappa shape index (κ2) is 3.49. The number of anilines is 1. The number of aryl methyl sites for hydroxylation is 1. The van der Waals surface area contributed by atoms with Gasteiger partial charge in [0, 0.05) is 12.7 Å². The molecule has 0 saturated heterocycles. The molecule has 0 unspecified atom stereocenters. The van der Waals surface area contributed by atoms with Gasteiger partial charge in [0.05, 0.1) is 12.1 Å². The summed E-state index contributed by atoms with van der Waals surface area (Å²) in [5.41, 5.74) is 2.01. The van der Waals surface area contributed by atoms with Crippen LogP contribution in [0, 0.1) is 6.92 Å². The standard InChI is InChI=1S/C8H12N6/c1-5-3-6(12-11-5)4-7-10-8(9-2)14-13-7/h3H,4H2,1-2H3,(H,11,12)(H2,9,10,13,14). The van der Waals surface area contributed by atoms with Crippen LogP contribution in [0.4, 0.5) is 5.95 Å². The SMILES string of the molecule is CNc1n[nH]c(Cc2cc(C)[nH]n2)n1. The average Bonchev–Trinajstić information content (AvgIpc) is 2.76. The van der Waals surface area contributed by atoms with Crippen molar-refractivity contribution in [3.63, 3.8) is 0 Å². The highest BCUT2D eigenvalue weighted by atomic mass is 15.3. The summed E-state index contributed by atoms with van der Waals surface area (Å²) >= 11 is 0. The summed E-state index contributed by atoms with van der Waals surface area (Å²) < 4.78 is 0. The molecule has 0 radical (unpaired) electrons. The lowest BCUT2D eigenvalue weighted by atomic mass is 10.3. The van der Waals surface area contributed by atoms with E-state index >= 15 is 0 Å². The Morgan fingerprint density at radius 3 is 2.79 bits per heavy atom. The second-order valence-electron chi connectivity index (χ2n) is 3.07. The summed E-state index contributed by atoms with van der Waals surface area (Å²) in [7, 11) is 1.78. The molecule has 0 saturated carbocycles. The van der Waals surface area contributed by atoms with Gasteiger partial charge in [-0.25, -0.2) is 0 Å². The van der Waals surface area contributed by atoms with Crippen LogP contribution in [0.25, 0.3) is 0 Å². The smallest absolute Gasteiger partial charge is 0.241 e. The molecule has 0 spiro atoms. The van der Waals surface area contributed by atoms with Crippen molar-refractivity contribution in [2.75, 3.05) is 12.4 Å². The third kappa shape index (κ3) is 1.73. The molecule has 2 heterocycles. The van der Waals surface area contributed by atoms with Crippen LogP contribution in [0.1, 0.15) is 17.2 Å². The molecule has 74 valence electrons. The lowest BCUT2D eigenvalue weighted by Gasteiger charge is -1.89. The zero-order valence-corrected chi connectivity index (χ0v) is 8.13. The number of aromatic amines is 2. The summed E-state index contributed by atoms with van der Waals surface area (Å²) in [5, 5.41) is 16.6. The van der Waals surface area contributed by atoms with E-state index in [4.69, 9.17) is 0 Å². The highest BCUT2D eigenvalue weighted by Crippen LogP contribution is 2.05. The zero-order valence-electron chi connectivity index (χ0n) is 8.13. The molecular formula is C8H12N6. The molecule has 0 aliphatic heterocycles. The van der Waals surface area contributed by atoms with Gasteiger partial charge in [-0.15, -0.1) is 5.10 Å². The number of rotatable bonds is 3. The molecule has 6 nitrogen and oxygen atoms in total. The van der Waals surface area contributed by atoms with Crippen LogP contribution in [0.15, 0.2) is 6.07 Å². The molecule has 6 heteroatoms. The number of aromatic nitrogens is 5. The largest absolute Gasteiger partial charge is 0.356 e. The first kappa shape index (κ1) is 8.74. The first-order valence-electron chi connectivity index (χ1n) is 4.38. The Labute approximate surface area is 81.1 Å². The number of H-pyrrole nitrogens is 2. The van der Waals surface area contributed by atoms with Crippen molar-refractivity contribution in [2.45, 2.75) is 13.3 Å². The molecule has 14 heavy (non-hydrogen) atoms. The number of hydrogen-bond acceptors (Lipinski definition) is 4. The maximum Gasteiger partial charge on any atom is 0.241 e. The third-order valence-corrected chi connectivity index (χ3v) is 1.86. The Hall–Kier alpha value is -1.85. The summed E-state index contributed by atoms with van der Waals surface area (Å²) in [6.45, 7) is 1.97. The van der Waals surface area contributed by atoms with Crippen molar-refractivity contribution < 1.29 is 0 Å². The van der Waals surface area contributed by atoms with Crippen LogP contribution in [0.5, 0.6) is 0 Å². The molecule has 2 aromatic rings.